The number of hydrogen-bond acceptors (Lipinski definition) is 6. The maximum Gasteiger partial charge on any atom is 0.226 e. The first-order chi connectivity index (χ1) is 16.1. The Morgan fingerprint density at radius 2 is 1.88 bits per heavy atom. The molecule has 0 aliphatic heterocycles. The van der Waals surface area contributed by atoms with Crippen LogP contribution in [-0.4, -0.2) is 26.2 Å². The minimum absolute atomic E-state index is 0.614. The summed E-state index contributed by atoms with van der Waals surface area (Å²) in [6.07, 6.45) is 3.66. The van der Waals surface area contributed by atoms with Crippen LogP contribution in [0.1, 0.15) is 23.9 Å². The number of fused-ring (bicyclic) bond motifs is 1. The Balaban J connectivity index is 1.37. The van der Waals surface area contributed by atoms with Crippen LogP contribution >= 0.6 is 11.8 Å². The first-order valence-electron chi connectivity index (χ1n) is 10.8. The zero-order valence-electron chi connectivity index (χ0n) is 18.8. The third-order valence-corrected chi connectivity index (χ3v) is 6.43. The van der Waals surface area contributed by atoms with Crippen molar-refractivity contribution in [3.63, 3.8) is 0 Å². The van der Waals surface area contributed by atoms with E-state index in [0.29, 0.717) is 18.3 Å². The maximum absolute atomic E-state index is 5.95. The van der Waals surface area contributed by atoms with Crippen LogP contribution in [0, 0.1) is 13.8 Å². The fraction of sp³-hybridized carbons (Fsp3) is 0.192. The topological polar surface area (TPSA) is 65.5 Å². The molecule has 0 aliphatic carbocycles. The fourth-order valence-corrected chi connectivity index (χ4v) is 4.66. The molecule has 0 atom stereocenters. The Kier molecular flexibility index (Phi) is 5.88. The quantitative estimate of drug-likeness (QED) is 0.266. The third kappa shape index (κ3) is 4.36. The molecule has 3 aromatic heterocycles. The average molecular weight is 457 g/mol. The normalized spacial score (nSPS) is 11.2. The van der Waals surface area contributed by atoms with Gasteiger partial charge >= 0.3 is 0 Å². The van der Waals surface area contributed by atoms with Crippen LogP contribution in [0.15, 0.2) is 76.4 Å². The highest BCUT2D eigenvalue weighted by Crippen LogP contribution is 2.31. The number of hydrogen-bond donors (Lipinski definition) is 0. The van der Waals surface area contributed by atoms with E-state index in [1.807, 2.05) is 61.0 Å². The molecule has 3 heterocycles. The zero-order valence-corrected chi connectivity index (χ0v) is 19.6. The van der Waals surface area contributed by atoms with Crippen LogP contribution in [-0.2, 0) is 5.75 Å². The van der Waals surface area contributed by atoms with E-state index in [-0.39, 0.29) is 0 Å². The summed E-state index contributed by atoms with van der Waals surface area (Å²) in [5.74, 6) is 2.92. The van der Waals surface area contributed by atoms with Crippen molar-refractivity contribution in [3.05, 3.63) is 84.0 Å². The summed E-state index contributed by atoms with van der Waals surface area (Å²) in [6, 6.07) is 18.2. The molecule has 2 aromatic carbocycles. The second-order valence-electron chi connectivity index (χ2n) is 7.67. The van der Waals surface area contributed by atoms with E-state index in [2.05, 4.69) is 30.1 Å². The summed E-state index contributed by atoms with van der Waals surface area (Å²) in [4.78, 5) is 9.34. The van der Waals surface area contributed by atoms with Crippen molar-refractivity contribution < 1.29 is 9.15 Å². The predicted molar refractivity (Wildman–Crippen MR) is 131 cm³/mol. The highest BCUT2D eigenvalue weighted by atomic mass is 32.2. The van der Waals surface area contributed by atoms with E-state index in [9.17, 15) is 0 Å². The van der Waals surface area contributed by atoms with E-state index in [1.54, 1.807) is 18.0 Å². The van der Waals surface area contributed by atoms with Crippen molar-refractivity contribution in [1.29, 1.82) is 0 Å². The highest BCUT2D eigenvalue weighted by molar-refractivity contribution is 7.98. The van der Waals surface area contributed by atoms with Gasteiger partial charge in [0.15, 0.2) is 0 Å². The van der Waals surface area contributed by atoms with E-state index < -0.39 is 0 Å². The smallest absolute Gasteiger partial charge is 0.226 e. The minimum Gasteiger partial charge on any atom is -0.494 e. The number of oxazole rings is 1. The fourth-order valence-electron chi connectivity index (χ4n) is 3.68. The molecule has 0 fully saturated rings. The summed E-state index contributed by atoms with van der Waals surface area (Å²) < 4.78 is 13.4. The molecule has 6 nitrogen and oxygen atoms in total. The van der Waals surface area contributed by atoms with Gasteiger partial charge in [-0.05, 0) is 56.7 Å². The van der Waals surface area contributed by atoms with Crippen molar-refractivity contribution in [2.75, 3.05) is 6.61 Å². The number of thioether (sulfide) groups is 1. The molecule has 0 saturated heterocycles. The number of aromatic nitrogens is 4. The van der Waals surface area contributed by atoms with Gasteiger partial charge in [-0.3, -0.25) is 0 Å². The molecule has 0 bridgehead atoms. The number of aryl methyl sites for hydroxylation is 2. The molecule has 166 valence electrons. The van der Waals surface area contributed by atoms with Gasteiger partial charge in [0.2, 0.25) is 5.89 Å². The van der Waals surface area contributed by atoms with Crippen LogP contribution in [0.5, 0.6) is 5.75 Å². The van der Waals surface area contributed by atoms with Gasteiger partial charge in [-0.1, -0.05) is 36.0 Å². The zero-order chi connectivity index (χ0) is 22.8. The Morgan fingerprint density at radius 1 is 1.06 bits per heavy atom. The SMILES string of the molecule is CCOc1ccc(-c2nc(CSc3nccn4nc(-c5ccccc5C)cc34)c(C)o2)cc1. The van der Waals surface area contributed by atoms with Crippen LogP contribution in [0.2, 0.25) is 0 Å². The summed E-state index contributed by atoms with van der Waals surface area (Å²) in [5, 5.41) is 5.67. The molecule has 5 rings (SSSR count). The Morgan fingerprint density at radius 3 is 2.67 bits per heavy atom. The molecule has 0 radical (unpaired) electrons. The molecule has 33 heavy (non-hydrogen) atoms. The van der Waals surface area contributed by atoms with E-state index in [1.165, 1.54) is 5.56 Å². The number of ether oxygens (including phenoxy) is 1. The molecule has 0 unspecified atom stereocenters. The predicted octanol–water partition coefficient (Wildman–Crippen LogP) is 6.36. The number of benzene rings is 2. The van der Waals surface area contributed by atoms with E-state index >= 15 is 0 Å². The molecule has 0 saturated carbocycles. The van der Waals surface area contributed by atoms with Crippen molar-refractivity contribution >= 4 is 17.3 Å². The van der Waals surface area contributed by atoms with Crippen molar-refractivity contribution in [2.24, 2.45) is 0 Å². The number of rotatable bonds is 7. The van der Waals surface area contributed by atoms with Gasteiger partial charge in [0, 0.05) is 29.3 Å². The average Bonchev–Trinajstić information content (AvgIpc) is 3.42. The van der Waals surface area contributed by atoms with Crippen LogP contribution in [0.25, 0.3) is 28.2 Å². The lowest BCUT2D eigenvalue weighted by Gasteiger charge is -2.02. The van der Waals surface area contributed by atoms with Gasteiger partial charge in [0.05, 0.1) is 23.5 Å². The second kappa shape index (κ2) is 9.11. The molecular weight excluding hydrogens is 432 g/mol. The molecular formula is C26H24N4O2S. The summed E-state index contributed by atoms with van der Waals surface area (Å²) >= 11 is 1.63. The Hall–Kier alpha value is -3.58. The Bertz CT molecular complexity index is 1410. The van der Waals surface area contributed by atoms with Crippen LogP contribution < -0.4 is 4.74 Å². The minimum atomic E-state index is 0.614. The van der Waals surface area contributed by atoms with Gasteiger partial charge in [-0.2, -0.15) is 5.10 Å². The van der Waals surface area contributed by atoms with Gasteiger partial charge in [-0.15, -0.1) is 0 Å². The third-order valence-electron chi connectivity index (χ3n) is 5.43. The second-order valence-corrected chi connectivity index (χ2v) is 8.64. The van der Waals surface area contributed by atoms with Gasteiger partial charge in [-0.25, -0.2) is 14.5 Å². The van der Waals surface area contributed by atoms with Gasteiger partial charge in [0.25, 0.3) is 0 Å². The molecule has 0 N–H and O–H groups in total. The molecule has 5 aromatic rings. The first-order valence-corrected chi connectivity index (χ1v) is 11.8. The summed E-state index contributed by atoms with van der Waals surface area (Å²) in [5.41, 5.74) is 6.09. The first kappa shape index (κ1) is 21.3. The maximum atomic E-state index is 5.95. The summed E-state index contributed by atoms with van der Waals surface area (Å²) in [6.45, 7) is 6.66. The molecule has 7 heteroatoms. The lowest BCUT2D eigenvalue weighted by atomic mass is 10.1. The highest BCUT2D eigenvalue weighted by Gasteiger charge is 2.15. The van der Waals surface area contributed by atoms with Gasteiger partial charge in [0.1, 0.15) is 16.5 Å². The monoisotopic (exact) mass is 456 g/mol. The largest absolute Gasteiger partial charge is 0.494 e. The van der Waals surface area contributed by atoms with Crippen LogP contribution in [0.3, 0.4) is 0 Å². The van der Waals surface area contributed by atoms with E-state index in [4.69, 9.17) is 19.2 Å². The molecule has 0 aliphatic rings. The van der Waals surface area contributed by atoms with Crippen LogP contribution in [0.4, 0.5) is 0 Å². The lowest BCUT2D eigenvalue weighted by Crippen LogP contribution is -1.92. The molecule has 0 spiro atoms. The molecule has 0 amide bonds. The number of nitrogens with zero attached hydrogens (tertiary/aromatic N) is 4. The Labute approximate surface area is 196 Å². The summed E-state index contributed by atoms with van der Waals surface area (Å²) in [7, 11) is 0. The standard InChI is InChI=1S/C26H24N4O2S/c1-4-31-20-11-9-19(10-12-20)25-28-23(18(3)32-25)16-33-26-24-15-22(29-30(24)14-13-27-26)21-8-6-5-7-17(21)2/h5-15H,4,16H2,1-3H3. The van der Waals surface area contributed by atoms with Crippen molar-refractivity contribution in [3.8, 4) is 28.5 Å². The van der Waals surface area contributed by atoms with Crippen molar-refractivity contribution in [1.82, 2.24) is 19.6 Å². The lowest BCUT2D eigenvalue weighted by molar-refractivity contribution is 0.340. The van der Waals surface area contributed by atoms with Crippen molar-refractivity contribution in [2.45, 2.75) is 31.6 Å². The van der Waals surface area contributed by atoms with E-state index in [0.717, 1.165) is 44.6 Å². The van der Waals surface area contributed by atoms with Gasteiger partial charge < -0.3 is 9.15 Å².